The Kier molecular flexibility index (Phi) is 4.26. The first-order chi connectivity index (χ1) is 6.18. The molecular weight excluding hydrogens is 184 g/mol. The van der Waals surface area contributed by atoms with Crippen LogP contribution in [0.3, 0.4) is 0 Å². The van der Waals surface area contributed by atoms with E-state index in [4.69, 9.17) is 16.3 Å². The Hall–Kier alpha value is -0.530. The Morgan fingerprint density at radius 1 is 1.38 bits per heavy atom. The first-order valence-electron chi connectivity index (χ1n) is 4.54. The molecule has 0 unspecified atom stereocenters. The molecular formula is C11H15ClO. The van der Waals surface area contributed by atoms with Gasteiger partial charge in [0.2, 0.25) is 0 Å². The number of halogens is 1. The molecule has 0 radical (unpaired) electrons. The maximum Gasteiger partial charge on any atom is 0.0519 e. The molecule has 0 spiro atoms. The Morgan fingerprint density at radius 2 is 2.15 bits per heavy atom. The van der Waals surface area contributed by atoms with Crippen molar-refractivity contribution in [2.24, 2.45) is 0 Å². The maximum absolute atomic E-state index is 5.85. The topological polar surface area (TPSA) is 9.23 Å². The van der Waals surface area contributed by atoms with Crippen LogP contribution in [0.2, 0.25) is 5.02 Å². The molecule has 0 atom stereocenters. The van der Waals surface area contributed by atoms with Gasteiger partial charge in [-0.15, -0.1) is 0 Å². The van der Waals surface area contributed by atoms with E-state index in [9.17, 15) is 0 Å². The van der Waals surface area contributed by atoms with E-state index in [2.05, 4.69) is 6.07 Å². The Labute approximate surface area is 84.7 Å². The van der Waals surface area contributed by atoms with E-state index in [1.165, 1.54) is 5.56 Å². The molecule has 0 saturated carbocycles. The van der Waals surface area contributed by atoms with Crippen LogP contribution in [0.4, 0.5) is 0 Å². The van der Waals surface area contributed by atoms with E-state index in [0.29, 0.717) is 6.10 Å². The van der Waals surface area contributed by atoms with Crippen molar-refractivity contribution in [2.45, 2.75) is 26.4 Å². The summed E-state index contributed by atoms with van der Waals surface area (Å²) in [5.41, 5.74) is 1.23. The van der Waals surface area contributed by atoms with Crippen molar-refractivity contribution in [2.75, 3.05) is 6.61 Å². The molecule has 1 aromatic carbocycles. The molecule has 0 fully saturated rings. The minimum Gasteiger partial charge on any atom is -0.378 e. The van der Waals surface area contributed by atoms with Crippen LogP contribution in [0.25, 0.3) is 0 Å². The number of ether oxygens (including phenoxy) is 1. The lowest BCUT2D eigenvalue weighted by Gasteiger charge is -2.07. The van der Waals surface area contributed by atoms with Gasteiger partial charge in [-0.1, -0.05) is 23.7 Å². The van der Waals surface area contributed by atoms with Crippen LogP contribution in [-0.4, -0.2) is 12.7 Å². The monoisotopic (exact) mass is 198 g/mol. The van der Waals surface area contributed by atoms with Crippen LogP contribution in [0.15, 0.2) is 24.3 Å². The second kappa shape index (κ2) is 5.25. The van der Waals surface area contributed by atoms with Gasteiger partial charge in [0.1, 0.15) is 0 Å². The molecule has 2 heteroatoms. The summed E-state index contributed by atoms with van der Waals surface area (Å²) < 4.78 is 5.44. The largest absolute Gasteiger partial charge is 0.378 e. The molecule has 1 rings (SSSR count). The number of benzene rings is 1. The first kappa shape index (κ1) is 10.6. The van der Waals surface area contributed by atoms with E-state index in [0.717, 1.165) is 18.1 Å². The summed E-state index contributed by atoms with van der Waals surface area (Å²) in [6.45, 7) is 4.84. The second-order valence-corrected chi connectivity index (χ2v) is 3.74. The van der Waals surface area contributed by atoms with Crippen LogP contribution in [-0.2, 0) is 11.2 Å². The lowest BCUT2D eigenvalue weighted by molar-refractivity contribution is 0.0813. The van der Waals surface area contributed by atoms with Gasteiger partial charge in [-0.3, -0.25) is 0 Å². The van der Waals surface area contributed by atoms with Crippen molar-refractivity contribution < 1.29 is 4.74 Å². The van der Waals surface area contributed by atoms with Gasteiger partial charge in [0.25, 0.3) is 0 Å². The van der Waals surface area contributed by atoms with Gasteiger partial charge in [-0.25, -0.2) is 0 Å². The van der Waals surface area contributed by atoms with E-state index in [1.54, 1.807) is 0 Å². The second-order valence-electron chi connectivity index (χ2n) is 3.30. The van der Waals surface area contributed by atoms with Crippen molar-refractivity contribution in [3.63, 3.8) is 0 Å². The highest BCUT2D eigenvalue weighted by molar-refractivity contribution is 6.30. The van der Waals surface area contributed by atoms with Crippen LogP contribution >= 0.6 is 11.6 Å². The molecule has 0 aliphatic heterocycles. The van der Waals surface area contributed by atoms with Gasteiger partial charge >= 0.3 is 0 Å². The zero-order chi connectivity index (χ0) is 9.68. The summed E-state index contributed by atoms with van der Waals surface area (Å²) in [5, 5.41) is 0.794. The summed E-state index contributed by atoms with van der Waals surface area (Å²) in [4.78, 5) is 0. The molecule has 72 valence electrons. The predicted octanol–water partition coefficient (Wildman–Crippen LogP) is 3.31. The summed E-state index contributed by atoms with van der Waals surface area (Å²) in [5.74, 6) is 0. The lowest BCUT2D eigenvalue weighted by atomic mass is 10.2. The third-order valence-corrected chi connectivity index (χ3v) is 1.97. The fourth-order valence-electron chi connectivity index (χ4n) is 1.10. The van der Waals surface area contributed by atoms with Crippen molar-refractivity contribution >= 4 is 11.6 Å². The van der Waals surface area contributed by atoms with Crippen LogP contribution in [0, 0.1) is 0 Å². The molecule has 0 saturated heterocycles. The molecule has 0 heterocycles. The SMILES string of the molecule is CC(C)OCCc1cccc(Cl)c1. The number of hydrogen-bond acceptors (Lipinski definition) is 1. The van der Waals surface area contributed by atoms with E-state index < -0.39 is 0 Å². The summed E-state index contributed by atoms with van der Waals surface area (Å²) in [7, 11) is 0. The third kappa shape index (κ3) is 4.30. The zero-order valence-electron chi connectivity index (χ0n) is 8.09. The quantitative estimate of drug-likeness (QED) is 0.722. The predicted molar refractivity (Wildman–Crippen MR) is 56.2 cm³/mol. The van der Waals surface area contributed by atoms with Crippen molar-refractivity contribution in [1.29, 1.82) is 0 Å². The molecule has 1 nitrogen and oxygen atoms in total. The van der Waals surface area contributed by atoms with Crippen LogP contribution < -0.4 is 0 Å². The lowest BCUT2D eigenvalue weighted by Crippen LogP contribution is -2.05. The Bertz CT molecular complexity index is 258. The molecule has 0 aliphatic rings. The van der Waals surface area contributed by atoms with Crippen LogP contribution in [0.1, 0.15) is 19.4 Å². The minimum atomic E-state index is 0.305. The van der Waals surface area contributed by atoms with Gasteiger partial charge in [0, 0.05) is 5.02 Å². The molecule has 13 heavy (non-hydrogen) atoms. The highest BCUT2D eigenvalue weighted by Gasteiger charge is 1.96. The average molecular weight is 199 g/mol. The summed E-state index contributed by atoms with van der Waals surface area (Å²) >= 11 is 5.85. The fourth-order valence-corrected chi connectivity index (χ4v) is 1.32. The van der Waals surface area contributed by atoms with Crippen molar-refractivity contribution in [3.8, 4) is 0 Å². The third-order valence-electron chi connectivity index (χ3n) is 1.73. The minimum absolute atomic E-state index is 0.305. The van der Waals surface area contributed by atoms with Gasteiger partial charge in [-0.05, 0) is 38.0 Å². The summed E-state index contributed by atoms with van der Waals surface area (Å²) in [6, 6.07) is 7.89. The molecule has 0 amide bonds. The molecule has 0 bridgehead atoms. The highest BCUT2D eigenvalue weighted by Crippen LogP contribution is 2.11. The van der Waals surface area contributed by atoms with E-state index in [1.807, 2.05) is 32.0 Å². The standard InChI is InChI=1S/C11H15ClO/c1-9(2)13-7-6-10-4-3-5-11(12)8-10/h3-5,8-9H,6-7H2,1-2H3. The van der Waals surface area contributed by atoms with Crippen molar-refractivity contribution in [3.05, 3.63) is 34.9 Å². The van der Waals surface area contributed by atoms with Gasteiger partial charge in [-0.2, -0.15) is 0 Å². The summed E-state index contributed by atoms with van der Waals surface area (Å²) in [6.07, 6.45) is 1.23. The molecule has 0 aliphatic carbocycles. The van der Waals surface area contributed by atoms with Gasteiger partial charge < -0.3 is 4.74 Å². The van der Waals surface area contributed by atoms with E-state index in [-0.39, 0.29) is 0 Å². The Morgan fingerprint density at radius 3 is 2.77 bits per heavy atom. The molecule has 1 aromatic rings. The van der Waals surface area contributed by atoms with Crippen LogP contribution in [0.5, 0.6) is 0 Å². The first-order valence-corrected chi connectivity index (χ1v) is 4.92. The fraction of sp³-hybridized carbons (Fsp3) is 0.455. The number of rotatable bonds is 4. The normalized spacial score (nSPS) is 10.8. The molecule has 0 aromatic heterocycles. The zero-order valence-corrected chi connectivity index (χ0v) is 8.84. The van der Waals surface area contributed by atoms with E-state index >= 15 is 0 Å². The smallest absolute Gasteiger partial charge is 0.0519 e. The molecule has 0 N–H and O–H groups in total. The van der Waals surface area contributed by atoms with Crippen molar-refractivity contribution in [1.82, 2.24) is 0 Å². The van der Waals surface area contributed by atoms with Gasteiger partial charge in [0.05, 0.1) is 12.7 Å². The van der Waals surface area contributed by atoms with Gasteiger partial charge in [0.15, 0.2) is 0 Å². The maximum atomic E-state index is 5.85. The average Bonchev–Trinajstić information content (AvgIpc) is 2.03. The highest BCUT2D eigenvalue weighted by atomic mass is 35.5. The Balaban J connectivity index is 2.37. The number of hydrogen-bond donors (Lipinski definition) is 0.